The first-order chi connectivity index (χ1) is 9.52. The topological polar surface area (TPSA) is 35.6 Å². The molecule has 2 rings (SSSR count). The van der Waals surface area contributed by atoms with Crippen LogP contribution in [0.3, 0.4) is 0 Å². The van der Waals surface area contributed by atoms with Gasteiger partial charge in [-0.05, 0) is 33.0 Å². The summed E-state index contributed by atoms with van der Waals surface area (Å²) >= 11 is 0. The summed E-state index contributed by atoms with van der Waals surface area (Å²) in [7, 11) is 2.08. The highest BCUT2D eigenvalue weighted by atomic mass is 16.2. The highest BCUT2D eigenvalue weighted by Gasteiger charge is 2.36. The van der Waals surface area contributed by atoms with E-state index in [0.717, 1.165) is 25.2 Å². The Labute approximate surface area is 121 Å². The maximum Gasteiger partial charge on any atom is 0.241 e. The summed E-state index contributed by atoms with van der Waals surface area (Å²) < 4.78 is 0. The molecule has 0 saturated carbocycles. The van der Waals surface area contributed by atoms with Crippen molar-refractivity contribution in [3.05, 3.63) is 35.4 Å². The van der Waals surface area contributed by atoms with E-state index < -0.39 is 0 Å². The van der Waals surface area contributed by atoms with Crippen molar-refractivity contribution >= 4 is 5.91 Å². The van der Waals surface area contributed by atoms with Crippen LogP contribution in [0.5, 0.6) is 0 Å². The van der Waals surface area contributed by atoms with Crippen LogP contribution in [0.4, 0.5) is 0 Å². The number of amides is 1. The van der Waals surface area contributed by atoms with E-state index in [9.17, 15) is 4.79 Å². The van der Waals surface area contributed by atoms with Crippen LogP contribution in [-0.2, 0) is 4.79 Å². The van der Waals surface area contributed by atoms with Gasteiger partial charge in [0.1, 0.15) is 6.17 Å². The van der Waals surface area contributed by atoms with Crippen LogP contribution < -0.4 is 5.32 Å². The van der Waals surface area contributed by atoms with Gasteiger partial charge in [0.15, 0.2) is 0 Å². The number of benzene rings is 1. The third-order valence-corrected chi connectivity index (χ3v) is 4.03. The highest BCUT2D eigenvalue weighted by Crippen LogP contribution is 2.25. The van der Waals surface area contributed by atoms with Gasteiger partial charge in [-0.25, -0.2) is 0 Å². The van der Waals surface area contributed by atoms with Gasteiger partial charge in [0.25, 0.3) is 0 Å². The fourth-order valence-corrected chi connectivity index (χ4v) is 2.47. The smallest absolute Gasteiger partial charge is 0.241 e. The molecule has 1 aromatic carbocycles. The second-order valence-corrected chi connectivity index (χ2v) is 5.63. The molecule has 1 aliphatic heterocycles. The van der Waals surface area contributed by atoms with Crippen molar-refractivity contribution in [2.45, 2.75) is 33.0 Å². The Kier molecular flexibility index (Phi) is 4.78. The molecule has 0 spiro atoms. The minimum absolute atomic E-state index is 0.00311. The van der Waals surface area contributed by atoms with Gasteiger partial charge in [0, 0.05) is 13.1 Å². The summed E-state index contributed by atoms with van der Waals surface area (Å²) in [6.45, 7) is 8.81. The van der Waals surface area contributed by atoms with Crippen LogP contribution in [0.25, 0.3) is 0 Å². The number of likely N-dealkylation sites (N-methyl/N-ethyl adjacent to an activating group) is 1. The lowest BCUT2D eigenvalue weighted by atomic mass is 10.1. The number of nitrogens with one attached hydrogen (secondary N) is 1. The monoisotopic (exact) mass is 275 g/mol. The number of rotatable bonds is 5. The van der Waals surface area contributed by atoms with Crippen LogP contribution in [0.1, 0.15) is 31.1 Å². The molecule has 110 valence electrons. The van der Waals surface area contributed by atoms with E-state index in [1.807, 2.05) is 11.8 Å². The molecule has 1 fully saturated rings. The summed E-state index contributed by atoms with van der Waals surface area (Å²) in [4.78, 5) is 16.5. The maximum atomic E-state index is 12.3. The SMILES string of the molecule is CCN(C)CCN1C(=O)C(C)NC1c1ccc(C)cc1. The predicted molar refractivity (Wildman–Crippen MR) is 81.4 cm³/mol. The number of carbonyl (C=O) groups is 1. The zero-order chi connectivity index (χ0) is 14.7. The summed E-state index contributed by atoms with van der Waals surface area (Å²) in [6, 6.07) is 8.30. The Morgan fingerprint density at radius 1 is 1.30 bits per heavy atom. The molecule has 1 heterocycles. The van der Waals surface area contributed by atoms with Crippen molar-refractivity contribution in [2.24, 2.45) is 0 Å². The van der Waals surface area contributed by atoms with Crippen molar-refractivity contribution in [2.75, 3.05) is 26.7 Å². The molecule has 0 aliphatic carbocycles. The first-order valence-electron chi connectivity index (χ1n) is 7.34. The molecule has 4 nitrogen and oxygen atoms in total. The first-order valence-corrected chi connectivity index (χ1v) is 7.34. The standard InChI is InChI=1S/C16H25N3O/c1-5-18(4)10-11-19-15(17-13(3)16(19)20)14-8-6-12(2)7-9-14/h6-9,13,15,17H,5,10-11H2,1-4H3. The van der Waals surface area contributed by atoms with Gasteiger partial charge in [-0.15, -0.1) is 0 Å². The quantitative estimate of drug-likeness (QED) is 0.889. The summed E-state index contributed by atoms with van der Waals surface area (Å²) in [5, 5.41) is 3.39. The summed E-state index contributed by atoms with van der Waals surface area (Å²) in [5.41, 5.74) is 2.40. The van der Waals surface area contributed by atoms with Crippen LogP contribution in [-0.4, -0.2) is 48.4 Å². The van der Waals surface area contributed by atoms with Crippen molar-refractivity contribution in [1.82, 2.24) is 15.1 Å². The molecule has 0 aromatic heterocycles. The second-order valence-electron chi connectivity index (χ2n) is 5.63. The fourth-order valence-electron chi connectivity index (χ4n) is 2.47. The van der Waals surface area contributed by atoms with Crippen LogP contribution in [0, 0.1) is 6.92 Å². The average Bonchev–Trinajstić information content (AvgIpc) is 2.73. The third-order valence-electron chi connectivity index (χ3n) is 4.03. The van der Waals surface area contributed by atoms with Gasteiger partial charge >= 0.3 is 0 Å². The number of hydrogen-bond donors (Lipinski definition) is 1. The molecule has 1 N–H and O–H groups in total. The van der Waals surface area contributed by atoms with Crippen LogP contribution in [0.2, 0.25) is 0 Å². The van der Waals surface area contributed by atoms with E-state index in [0.29, 0.717) is 0 Å². The Bertz CT molecular complexity index is 457. The van der Waals surface area contributed by atoms with Gasteiger partial charge in [-0.2, -0.15) is 0 Å². The van der Waals surface area contributed by atoms with Crippen molar-refractivity contribution in [3.63, 3.8) is 0 Å². The first kappa shape index (κ1) is 15.0. The average molecular weight is 275 g/mol. The normalized spacial score (nSPS) is 22.9. The van der Waals surface area contributed by atoms with Crippen LogP contribution >= 0.6 is 0 Å². The molecule has 1 amide bonds. The lowest BCUT2D eigenvalue weighted by Crippen LogP contribution is -2.37. The van der Waals surface area contributed by atoms with Gasteiger partial charge in [-0.3, -0.25) is 10.1 Å². The van der Waals surface area contributed by atoms with Gasteiger partial charge in [0.05, 0.1) is 6.04 Å². The van der Waals surface area contributed by atoms with Gasteiger partial charge in [-0.1, -0.05) is 36.8 Å². The lowest BCUT2D eigenvalue weighted by Gasteiger charge is -2.26. The third kappa shape index (κ3) is 3.19. The predicted octanol–water partition coefficient (Wildman–Crippen LogP) is 1.77. The molecule has 1 saturated heterocycles. The zero-order valence-corrected chi connectivity index (χ0v) is 12.9. The van der Waals surface area contributed by atoms with Crippen molar-refractivity contribution < 1.29 is 4.79 Å². The molecular formula is C16H25N3O. The van der Waals surface area contributed by atoms with E-state index in [1.54, 1.807) is 0 Å². The highest BCUT2D eigenvalue weighted by molar-refractivity contribution is 5.84. The maximum absolute atomic E-state index is 12.3. The number of carbonyl (C=O) groups excluding carboxylic acids is 1. The van der Waals surface area contributed by atoms with E-state index in [-0.39, 0.29) is 18.1 Å². The molecule has 4 heteroatoms. The zero-order valence-electron chi connectivity index (χ0n) is 12.9. The molecule has 1 aromatic rings. The van der Waals surface area contributed by atoms with E-state index in [1.165, 1.54) is 5.56 Å². The Morgan fingerprint density at radius 3 is 2.55 bits per heavy atom. The molecular weight excluding hydrogens is 250 g/mol. The van der Waals surface area contributed by atoms with Crippen molar-refractivity contribution in [3.8, 4) is 0 Å². The molecule has 2 unspecified atom stereocenters. The molecule has 0 radical (unpaired) electrons. The number of aryl methyl sites for hydroxylation is 1. The summed E-state index contributed by atoms with van der Waals surface area (Å²) in [6.07, 6.45) is 0.00311. The lowest BCUT2D eigenvalue weighted by molar-refractivity contribution is -0.130. The van der Waals surface area contributed by atoms with E-state index >= 15 is 0 Å². The molecule has 1 aliphatic rings. The minimum atomic E-state index is -0.103. The molecule has 20 heavy (non-hydrogen) atoms. The Morgan fingerprint density at radius 2 is 1.95 bits per heavy atom. The van der Waals surface area contributed by atoms with E-state index in [2.05, 4.69) is 55.4 Å². The van der Waals surface area contributed by atoms with Gasteiger partial charge < -0.3 is 9.80 Å². The number of hydrogen-bond acceptors (Lipinski definition) is 3. The largest absolute Gasteiger partial charge is 0.320 e. The molecule has 0 bridgehead atoms. The van der Waals surface area contributed by atoms with Crippen molar-refractivity contribution in [1.29, 1.82) is 0 Å². The molecule has 2 atom stereocenters. The van der Waals surface area contributed by atoms with Gasteiger partial charge in [0.2, 0.25) is 5.91 Å². The second kappa shape index (κ2) is 6.37. The number of nitrogens with zero attached hydrogens (tertiary/aromatic N) is 2. The summed E-state index contributed by atoms with van der Waals surface area (Å²) in [5.74, 6) is 0.195. The Hall–Kier alpha value is -1.39. The minimum Gasteiger partial charge on any atom is -0.320 e. The van der Waals surface area contributed by atoms with E-state index in [4.69, 9.17) is 0 Å². The fraction of sp³-hybridized carbons (Fsp3) is 0.562. The van der Waals surface area contributed by atoms with Crippen LogP contribution in [0.15, 0.2) is 24.3 Å². The Balaban J connectivity index is 2.13.